The van der Waals surface area contributed by atoms with Gasteiger partial charge in [-0.15, -0.1) is 0 Å². The maximum atomic E-state index is 13.4. The third-order valence-electron chi connectivity index (χ3n) is 2.09. The minimum absolute atomic E-state index is 0.0842. The number of benzene rings is 1. The molecule has 0 aliphatic carbocycles. The summed E-state index contributed by atoms with van der Waals surface area (Å²) in [6, 6.07) is 3.35. The molecule has 2 N–H and O–H groups in total. The third kappa shape index (κ3) is 5.66. The summed E-state index contributed by atoms with van der Waals surface area (Å²) in [7, 11) is 0. The van der Waals surface area contributed by atoms with E-state index in [2.05, 4.69) is 4.74 Å². The van der Waals surface area contributed by atoms with E-state index in [0.29, 0.717) is 5.56 Å². The van der Waals surface area contributed by atoms with Crippen molar-refractivity contribution in [1.82, 2.24) is 0 Å². The number of hydrogen-bond donors (Lipinski definition) is 1. The highest BCUT2D eigenvalue weighted by atomic mass is 35.5. The van der Waals surface area contributed by atoms with E-state index in [0.717, 1.165) is 6.07 Å². The first kappa shape index (κ1) is 15.2. The van der Waals surface area contributed by atoms with Crippen LogP contribution in [0, 0.1) is 5.82 Å². The average molecular weight is 286 g/mol. The summed E-state index contributed by atoms with van der Waals surface area (Å²) in [5, 5.41) is 0.248. The fraction of sp³-hybridized carbons (Fsp3) is 0.455. The topological polar surface area (TPSA) is 35.2 Å². The van der Waals surface area contributed by atoms with Crippen molar-refractivity contribution >= 4 is 11.6 Å². The van der Waals surface area contributed by atoms with Crippen molar-refractivity contribution in [2.45, 2.75) is 18.6 Å². The van der Waals surface area contributed by atoms with Crippen molar-refractivity contribution in [3.05, 3.63) is 34.6 Å². The van der Waals surface area contributed by atoms with Crippen LogP contribution in [-0.2, 0) is 11.2 Å². The van der Waals surface area contributed by atoms with Crippen LogP contribution in [0.15, 0.2) is 18.2 Å². The molecule has 0 aliphatic heterocycles. The van der Waals surface area contributed by atoms with E-state index >= 15 is 0 Å². The molecule has 0 heterocycles. The molecule has 1 aromatic carbocycles. The maximum absolute atomic E-state index is 13.4. The van der Waals surface area contributed by atoms with E-state index in [4.69, 9.17) is 17.3 Å². The predicted octanol–water partition coefficient (Wildman–Crippen LogP) is 2.93. The lowest BCUT2D eigenvalue weighted by atomic mass is 10.1. The molecule has 0 bridgehead atoms. The first-order chi connectivity index (χ1) is 8.28. The predicted molar refractivity (Wildman–Crippen MR) is 60.0 cm³/mol. The van der Waals surface area contributed by atoms with E-state index < -0.39 is 24.6 Å². The zero-order valence-corrected chi connectivity index (χ0v) is 10.1. The van der Waals surface area contributed by atoms with Gasteiger partial charge in [0, 0.05) is 11.1 Å². The van der Waals surface area contributed by atoms with E-state index in [1.165, 1.54) is 12.1 Å². The second-order valence-electron chi connectivity index (χ2n) is 3.83. The fourth-order valence-electron chi connectivity index (χ4n) is 1.35. The Hall–Kier alpha value is -0.850. The van der Waals surface area contributed by atoms with E-state index in [1.807, 2.05) is 0 Å². The highest BCUT2D eigenvalue weighted by molar-refractivity contribution is 6.30. The van der Waals surface area contributed by atoms with Gasteiger partial charge >= 0.3 is 6.18 Å². The van der Waals surface area contributed by atoms with E-state index in [9.17, 15) is 17.6 Å². The molecular formula is C11H12ClF4NO. The van der Waals surface area contributed by atoms with Gasteiger partial charge in [-0.2, -0.15) is 13.2 Å². The molecule has 0 saturated carbocycles. The van der Waals surface area contributed by atoms with Crippen LogP contribution in [0.25, 0.3) is 0 Å². The largest absolute Gasteiger partial charge is 0.411 e. The van der Waals surface area contributed by atoms with Gasteiger partial charge in [0.15, 0.2) is 0 Å². The van der Waals surface area contributed by atoms with Crippen LogP contribution in [0.3, 0.4) is 0 Å². The summed E-state index contributed by atoms with van der Waals surface area (Å²) in [6.45, 7) is -1.65. The van der Waals surface area contributed by atoms with Crippen LogP contribution in [0.4, 0.5) is 17.6 Å². The van der Waals surface area contributed by atoms with Crippen molar-refractivity contribution in [1.29, 1.82) is 0 Å². The summed E-state index contributed by atoms with van der Waals surface area (Å²) >= 11 is 5.57. The SMILES string of the molecule is NC(COCC(F)(F)F)Cc1ccc(Cl)cc1F. The van der Waals surface area contributed by atoms with Crippen LogP contribution in [0.2, 0.25) is 5.02 Å². The number of rotatable bonds is 5. The van der Waals surface area contributed by atoms with Crippen molar-refractivity contribution in [3.63, 3.8) is 0 Å². The van der Waals surface area contributed by atoms with Gasteiger partial charge in [0.05, 0.1) is 6.61 Å². The Balaban J connectivity index is 2.42. The number of hydrogen-bond acceptors (Lipinski definition) is 2. The molecule has 1 aromatic rings. The lowest BCUT2D eigenvalue weighted by Crippen LogP contribution is -2.31. The fourth-order valence-corrected chi connectivity index (χ4v) is 1.51. The van der Waals surface area contributed by atoms with Gasteiger partial charge in [-0.1, -0.05) is 17.7 Å². The molecule has 18 heavy (non-hydrogen) atoms. The molecule has 0 spiro atoms. The molecule has 1 unspecified atom stereocenters. The Morgan fingerprint density at radius 2 is 2.00 bits per heavy atom. The zero-order chi connectivity index (χ0) is 13.8. The monoisotopic (exact) mass is 285 g/mol. The molecule has 2 nitrogen and oxygen atoms in total. The van der Waals surface area contributed by atoms with Crippen LogP contribution < -0.4 is 5.73 Å². The van der Waals surface area contributed by atoms with E-state index in [1.54, 1.807) is 0 Å². The minimum atomic E-state index is -4.38. The summed E-state index contributed by atoms with van der Waals surface area (Å²) in [5.74, 6) is -0.534. The zero-order valence-electron chi connectivity index (χ0n) is 9.31. The van der Waals surface area contributed by atoms with Crippen LogP contribution in [-0.4, -0.2) is 25.4 Å². The van der Waals surface area contributed by atoms with Gasteiger partial charge < -0.3 is 10.5 Å². The van der Waals surface area contributed by atoms with Gasteiger partial charge in [0.2, 0.25) is 0 Å². The van der Waals surface area contributed by atoms with Crippen LogP contribution >= 0.6 is 11.6 Å². The Morgan fingerprint density at radius 1 is 1.33 bits per heavy atom. The van der Waals surface area contributed by atoms with Crippen molar-refractivity contribution < 1.29 is 22.3 Å². The van der Waals surface area contributed by atoms with Gasteiger partial charge in [-0.25, -0.2) is 4.39 Å². The number of halogens is 5. The first-order valence-corrected chi connectivity index (χ1v) is 5.50. The van der Waals surface area contributed by atoms with Gasteiger partial charge in [0.1, 0.15) is 12.4 Å². The molecule has 1 rings (SSSR count). The van der Waals surface area contributed by atoms with Gasteiger partial charge in [0.25, 0.3) is 0 Å². The van der Waals surface area contributed by atoms with Crippen LogP contribution in [0.1, 0.15) is 5.56 Å². The Bertz CT molecular complexity index is 397. The summed E-state index contributed by atoms with van der Waals surface area (Å²) < 4.78 is 53.2. The first-order valence-electron chi connectivity index (χ1n) is 5.12. The Labute approximate surface area is 107 Å². The second kappa shape index (κ2) is 6.36. The molecular weight excluding hydrogens is 274 g/mol. The van der Waals surface area contributed by atoms with Crippen LogP contribution in [0.5, 0.6) is 0 Å². The summed E-state index contributed by atoms with van der Waals surface area (Å²) in [4.78, 5) is 0. The smallest absolute Gasteiger partial charge is 0.370 e. The molecule has 0 amide bonds. The summed E-state index contributed by atoms with van der Waals surface area (Å²) in [6.07, 6.45) is -4.30. The van der Waals surface area contributed by atoms with Crippen molar-refractivity contribution in [3.8, 4) is 0 Å². The Kier molecular flexibility index (Phi) is 5.37. The number of ether oxygens (including phenoxy) is 1. The molecule has 7 heteroatoms. The second-order valence-corrected chi connectivity index (χ2v) is 4.27. The van der Waals surface area contributed by atoms with Gasteiger partial charge in [-0.05, 0) is 24.1 Å². The minimum Gasteiger partial charge on any atom is -0.370 e. The highest BCUT2D eigenvalue weighted by Gasteiger charge is 2.27. The molecule has 0 radical (unpaired) electrons. The standard InChI is InChI=1S/C11H12ClF4NO/c12-8-2-1-7(10(13)4-8)3-9(17)5-18-6-11(14,15)16/h1-2,4,9H,3,5-6,17H2. The molecule has 0 saturated heterocycles. The maximum Gasteiger partial charge on any atom is 0.411 e. The molecule has 102 valence electrons. The van der Waals surface area contributed by atoms with Crippen molar-refractivity contribution in [2.24, 2.45) is 5.73 Å². The van der Waals surface area contributed by atoms with E-state index in [-0.39, 0.29) is 18.1 Å². The lowest BCUT2D eigenvalue weighted by molar-refractivity contribution is -0.174. The lowest BCUT2D eigenvalue weighted by Gasteiger charge is -2.14. The number of nitrogens with two attached hydrogens (primary N) is 1. The molecule has 1 atom stereocenters. The molecule has 0 fully saturated rings. The van der Waals surface area contributed by atoms with Gasteiger partial charge in [-0.3, -0.25) is 0 Å². The third-order valence-corrected chi connectivity index (χ3v) is 2.33. The van der Waals surface area contributed by atoms with Crippen molar-refractivity contribution in [2.75, 3.05) is 13.2 Å². The molecule has 0 aromatic heterocycles. The highest BCUT2D eigenvalue weighted by Crippen LogP contribution is 2.17. The Morgan fingerprint density at radius 3 is 2.56 bits per heavy atom. The molecule has 0 aliphatic rings. The normalized spacial score (nSPS) is 13.7. The average Bonchev–Trinajstić information content (AvgIpc) is 2.20. The quantitative estimate of drug-likeness (QED) is 0.844. The number of alkyl halides is 3. The summed E-state index contributed by atoms with van der Waals surface area (Å²) in [5.41, 5.74) is 5.84.